The van der Waals surface area contributed by atoms with Crippen molar-refractivity contribution < 1.29 is 5.11 Å². The number of likely N-dealkylation sites (tertiary alicyclic amines) is 1. The molecule has 5 rings (SSSR count). The molecule has 1 N–H and O–H groups in total. The van der Waals surface area contributed by atoms with Crippen LogP contribution in [0.3, 0.4) is 0 Å². The molecular formula is C30H34N2O. The van der Waals surface area contributed by atoms with Gasteiger partial charge in [-0.25, -0.2) is 0 Å². The fourth-order valence-corrected chi connectivity index (χ4v) is 5.34. The molecule has 3 heteroatoms. The lowest BCUT2D eigenvalue weighted by molar-refractivity contribution is 0.101. The van der Waals surface area contributed by atoms with Crippen molar-refractivity contribution >= 4 is 10.9 Å². The zero-order chi connectivity index (χ0) is 22.6. The van der Waals surface area contributed by atoms with Gasteiger partial charge in [0.1, 0.15) is 0 Å². The van der Waals surface area contributed by atoms with E-state index in [4.69, 9.17) is 0 Å². The first-order valence-corrected chi connectivity index (χ1v) is 12.3. The minimum atomic E-state index is -0.411. The van der Waals surface area contributed by atoms with Gasteiger partial charge in [-0.05, 0) is 56.1 Å². The van der Waals surface area contributed by atoms with Crippen LogP contribution in [0.1, 0.15) is 31.2 Å². The third-order valence-electron chi connectivity index (χ3n) is 6.89. The summed E-state index contributed by atoms with van der Waals surface area (Å²) in [5.74, 6) is 0. The molecule has 0 radical (unpaired) electrons. The first kappa shape index (κ1) is 21.9. The average Bonchev–Trinajstić information content (AvgIpc) is 2.96. The normalized spacial score (nSPS) is 16.1. The monoisotopic (exact) mass is 438 g/mol. The predicted molar refractivity (Wildman–Crippen MR) is 138 cm³/mol. The van der Waals surface area contributed by atoms with Crippen molar-refractivity contribution in [3.63, 3.8) is 0 Å². The highest BCUT2D eigenvalue weighted by molar-refractivity contribution is 6.04. The molecule has 1 atom stereocenters. The third kappa shape index (κ3) is 4.75. The number of fused-ring (bicyclic) bond motifs is 1. The topological polar surface area (TPSA) is 28.4 Å². The first-order chi connectivity index (χ1) is 16.2. The molecular weight excluding hydrogens is 404 g/mol. The zero-order valence-corrected chi connectivity index (χ0v) is 19.6. The largest absolute Gasteiger partial charge is 0.390 e. The highest BCUT2D eigenvalue weighted by Gasteiger charge is 2.22. The highest BCUT2D eigenvalue weighted by atomic mass is 16.3. The lowest BCUT2D eigenvalue weighted by Crippen LogP contribution is -2.35. The van der Waals surface area contributed by atoms with Gasteiger partial charge in [-0.2, -0.15) is 0 Å². The number of benzene rings is 3. The van der Waals surface area contributed by atoms with Gasteiger partial charge in [0.2, 0.25) is 0 Å². The van der Waals surface area contributed by atoms with Crippen LogP contribution in [0.25, 0.3) is 33.3 Å². The third-order valence-corrected chi connectivity index (χ3v) is 6.89. The maximum atomic E-state index is 11.2. The Labute approximate surface area is 197 Å². The number of aliphatic hydroxyl groups is 1. The summed E-state index contributed by atoms with van der Waals surface area (Å²) in [6.45, 7) is 5.68. The molecule has 170 valence electrons. The van der Waals surface area contributed by atoms with Gasteiger partial charge in [0, 0.05) is 23.0 Å². The maximum absolute atomic E-state index is 11.2. The van der Waals surface area contributed by atoms with Crippen LogP contribution in [0, 0.1) is 6.92 Å². The van der Waals surface area contributed by atoms with Crippen molar-refractivity contribution in [1.29, 1.82) is 0 Å². The Morgan fingerprint density at radius 1 is 0.758 bits per heavy atom. The number of aliphatic hydroxyl groups excluding tert-OH is 1. The average molecular weight is 439 g/mol. The Morgan fingerprint density at radius 2 is 1.39 bits per heavy atom. The molecule has 0 spiro atoms. The zero-order valence-electron chi connectivity index (χ0n) is 19.6. The SMILES string of the molecule is Cc1ccc2c(c1)c(-c1ccccc1)c(-c1ccccc1)n2CC(O)CN1CCCCCC1. The van der Waals surface area contributed by atoms with Crippen molar-refractivity contribution in [3.8, 4) is 22.4 Å². The van der Waals surface area contributed by atoms with Crippen LogP contribution < -0.4 is 0 Å². The molecule has 33 heavy (non-hydrogen) atoms. The van der Waals surface area contributed by atoms with Crippen LogP contribution in [0.2, 0.25) is 0 Å². The molecule has 0 saturated carbocycles. The van der Waals surface area contributed by atoms with Crippen LogP contribution in [-0.4, -0.2) is 40.3 Å². The Morgan fingerprint density at radius 3 is 2.06 bits per heavy atom. The summed E-state index contributed by atoms with van der Waals surface area (Å²) in [6.07, 6.45) is 4.70. The maximum Gasteiger partial charge on any atom is 0.0845 e. The molecule has 1 fully saturated rings. The van der Waals surface area contributed by atoms with Crippen molar-refractivity contribution in [3.05, 3.63) is 84.4 Å². The van der Waals surface area contributed by atoms with Crippen LogP contribution in [0.4, 0.5) is 0 Å². The molecule has 1 aliphatic rings. The number of nitrogens with zero attached hydrogens (tertiary/aromatic N) is 2. The quantitative estimate of drug-likeness (QED) is 0.371. The van der Waals surface area contributed by atoms with Crippen molar-refractivity contribution in [1.82, 2.24) is 9.47 Å². The molecule has 2 heterocycles. The summed E-state index contributed by atoms with van der Waals surface area (Å²) in [6, 6.07) is 28.0. The molecule has 1 saturated heterocycles. The molecule has 3 aromatic carbocycles. The van der Waals surface area contributed by atoms with Gasteiger partial charge in [-0.15, -0.1) is 0 Å². The van der Waals surface area contributed by atoms with E-state index in [0.717, 1.165) is 19.6 Å². The summed E-state index contributed by atoms with van der Waals surface area (Å²) < 4.78 is 2.36. The smallest absolute Gasteiger partial charge is 0.0845 e. The molecule has 1 aliphatic heterocycles. The molecule has 4 aromatic rings. The van der Waals surface area contributed by atoms with Gasteiger partial charge >= 0.3 is 0 Å². The number of β-amino-alcohol motifs (C(OH)–C–C–N with tert-alkyl or cyclic N) is 1. The van der Waals surface area contributed by atoms with Crippen LogP contribution in [0.15, 0.2) is 78.9 Å². The van der Waals surface area contributed by atoms with E-state index in [2.05, 4.69) is 95.3 Å². The summed E-state index contributed by atoms with van der Waals surface area (Å²) in [4.78, 5) is 2.45. The Kier molecular flexibility index (Phi) is 6.61. The number of rotatable bonds is 6. The molecule has 1 aromatic heterocycles. The van der Waals surface area contributed by atoms with Gasteiger partial charge in [0.25, 0.3) is 0 Å². The number of hydrogen-bond donors (Lipinski definition) is 1. The van der Waals surface area contributed by atoms with Gasteiger partial charge < -0.3 is 14.6 Å². The van der Waals surface area contributed by atoms with E-state index in [1.165, 1.54) is 64.5 Å². The molecule has 3 nitrogen and oxygen atoms in total. The second kappa shape index (κ2) is 9.94. The van der Waals surface area contributed by atoms with Gasteiger partial charge in [0.15, 0.2) is 0 Å². The van der Waals surface area contributed by atoms with Crippen molar-refractivity contribution in [2.45, 2.75) is 45.3 Å². The second-order valence-corrected chi connectivity index (χ2v) is 9.46. The molecule has 0 bridgehead atoms. The number of hydrogen-bond acceptors (Lipinski definition) is 2. The standard InChI is InChI=1S/C30H34N2O/c1-23-16-17-28-27(20-23)29(24-12-6-4-7-13-24)30(25-14-8-5-9-15-25)32(28)22-26(33)21-31-18-10-2-3-11-19-31/h4-9,12-17,20,26,33H,2-3,10-11,18-19,21-22H2,1H3. The highest BCUT2D eigenvalue weighted by Crippen LogP contribution is 2.41. The fraction of sp³-hybridized carbons (Fsp3) is 0.333. The van der Waals surface area contributed by atoms with E-state index >= 15 is 0 Å². The molecule has 0 aliphatic carbocycles. The van der Waals surface area contributed by atoms with Gasteiger partial charge in [0.05, 0.1) is 18.3 Å². The minimum Gasteiger partial charge on any atom is -0.390 e. The van der Waals surface area contributed by atoms with Crippen molar-refractivity contribution in [2.24, 2.45) is 0 Å². The van der Waals surface area contributed by atoms with E-state index in [1.54, 1.807) is 0 Å². The van der Waals surface area contributed by atoms with E-state index < -0.39 is 6.10 Å². The molecule has 1 unspecified atom stereocenters. The Bertz CT molecular complexity index is 1190. The lowest BCUT2D eigenvalue weighted by atomic mass is 9.98. The molecule has 0 amide bonds. The number of aryl methyl sites for hydroxylation is 1. The summed E-state index contributed by atoms with van der Waals surface area (Å²) in [7, 11) is 0. The van der Waals surface area contributed by atoms with Crippen molar-refractivity contribution in [2.75, 3.05) is 19.6 Å². The fourth-order valence-electron chi connectivity index (χ4n) is 5.34. The van der Waals surface area contributed by atoms with E-state index in [9.17, 15) is 5.11 Å². The lowest BCUT2D eigenvalue weighted by Gasteiger charge is -2.24. The van der Waals surface area contributed by atoms with Crippen LogP contribution in [-0.2, 0) is 6.54 Å². The van der Waals surface area contributed by atoms with Crippen LogP contribution in [0.5, 0.6) is 0 Å². The summed E-state index contributed by atoms with van der Waals surface area (Å²) in [5.41, 5.74) is 7.29. The van der Waals surface area contributed by atoms with E-state index in [-0.39, 0.29) is 0 Å². The van der Waals surface area contributed by atoms with Gasteiger partial charge in [-0.3, -0.25) is 0 Å². The number of aromatic nitrogens is 1. The van der Waals surface area contributed by atoms with E-state index in [1.807, 2.05) is 0 Å². The summed E-state index contributed by atoms with van der Waals surface area (Å²) in [5, 5.41) is 12.5. The first-order valence-electron chi connectivity index (χ1n) is 12.3. The Hall–Kier alpha value is -2.88. The predicted octanol–water partition coefficient (Wildman–Crippen LogP) is 6.52. The van der Waals surface area contributed by atoms with Crippen LogP contribution >= 0.6 is 0 Å². The second-order valence-electron chi connectivity index (χ2n) is 9.46. The Balaban J connectivity index is 1.63. The minimum absolute atomic E-state index is 0.411. The van der Waals surface area contributed by atoms with E-state index in [0.29, 0.717) is 6.54 Å². The summed E-state index contributed by atoms with van der Waals surface area (Å²) >= 11 is 0. The van der Waals surface area contributed by atoms with Gasteiger partial charge in [-0.1, -0.05) is 85.1 Å².